The Labute approximate surface area is 234 Å². The van der Waals surface area contributed by atoms with Crippen LogP contribution in [0.5, 0.6) is 0 Å². The van der Waals surface area contributed by atoms with Crippen molar-refractivity contribution in [3.8, 4) is 17.3 Å². The molecule has 2 aromatic carbocycles. The van der Waals surface area contributed by atoms with Crippen LogP contribution in [0.2, 0.25) is 5.02 Å². The van der Waals surface area contributed by atoms with Crippen LogP contribution in [0.15, 0.2) is 76.6 Å². The largest absolute Gasteiger partial charge is 0.461 e. The summed E-state index contributed by atoms with van der Waals surface area (Å²) in [6.07, 6.45) is -1.26. The number of amides is 1. The van der Waals surface area contributed by atoms with Crippen molar-refractivity contribution >= 4 is 45.7 Å². The van der Waals surface area contributed by atoms with E-state index in [1.54, 1.807) is 18.4 Å². The Morgan fingerprint density at radius 2 is 2.00 bits per heavy atom. The van der Waals surface area contributed by atoms with Gasteiger partial charge in [-0.3, -0.25) is 9.36 Å². The van der Waals surface area contributed by atoms with Crippen molar-refractivity contribution in [1.82, 2.24) is 19.7 Å². The summed E-state index contributed by atoms with van der Waals surface area (Å²) in [7, 11) is 0. The smallest absolute Gasteiger partial charge is 0.416 e. The predicted molar refractivity (Wildman–Crippen MR) is 145 cm³/mol. The number of thiazole rings is 1. The van der Waals surface area contributed by atoms with Crippen LogP contribution in [-0.4, -0.2) is 31.4 Å². The molecular formula is C26H19ClF3N5O2S2. The molecule has 0 saturated carbocycles. The van der Waals surface area contributed by atoms with Crippen molar-refractivity contribution in [2.45, 2.75) is 24.7 Å². The number of hydrogen-bond acceptors (Lipinski definition) is 7. The molecule has 1 amide bonds. The first-order valence-electron chi connectivity index (χ1n) is 11.5. The summed E-state index contributed by atoms with van der Waals surface area (Å²) in [5.41, 5.74) is 1.43. The number of benzene rings is 2. The van der Waals surface area contributed by atoms with Gasteiger partial charge in [-0.15, -0.1) is 21.5 Å². The Morgan fingerprint density at radius 1 is 1.15 bits per heavy atom. The highest BCUT2D eigenvalue weighted by Gasteiger charge is 2.31. The van der Waals surface area contributed by atoms with Crippen molar-refractivity contribution in [1.29, 1.82) is 0 Å². The molecule has 0 unspecified atom stereocenters. The van der Waals surface area contributed by atoms with E-state index in [1.165, 1.54) is 35.4 Å². The molecule has 5 aromatic rings. The molecule has 39 heavy (non-hydrogen) atoms. The van der Waals surface area contributed by atoms with Gasteiger partial charge in [0.05, 0.1) is 23.3 Å². The standard InChI is InChI=1S/C26H19ClF3N5O2S2/c1-15-4-2-5-18(10-15)35-23(21-6-3-9-37-21)33-34-25(35)38-14-22(36)32-24-31-13-19(39-24)12-16-11-17(26(28,29)30)7-8-20(16)27/h2-11,13H,12,14H2,1H3,(H,31,32,36). The third-order valence-electron chi connectivity index (χ3n) is 5.50. The average molecular weight is 590 g/mol. The fourth-order valence-electron chi connectivity index (χ4n) is 3.74. The normalized spacial score (nSPS) is 11.6. The van der Waals surface area contributed by atoms with Crippen molar-refractivity contribution < 1.29 is 22.4 Å². The summed E-state index contributed by atoms with van der Waals surface area (Å²) < 4.78 is 46.6. The summed E-state index contributed by atoms with van der Waals surface area (Å²) in [5, 5.41) is 12.3. The molecule has 0 atom stereocenters. The number of anilines is 1. The summed E-state index contributed by atoms with van der Waals surface area (Å²) >= 11 is 8.48. The van der Waals surface area contributed by atoms with E-state index in [0.29, 0.717) is 32.3 Å². The fraction of sp³-hybridized carbons (Fsp3) is 0.154. The molecule has 0 fully saturated rings. The Kier molecular flexibility index (Phi) is 7.78. The highest BCUT2D eigenvalue weighted by Crippen LogP contribution is 2.34. The van der Waals surface area contributed by atoms with Crippen LogP contribution in [-0.2, 0) is 17.4 Å². The number of nitrogens with one attached hydrogen (secondary N) is 1. The van der Waals surface area contributed by atoms with Crippen molar-refractivity contribution in [3.63, 3.8) is 0 Å². The van der Waals surface area contributed by atoms with Gasteiger partial charge >= 0.3 is 6.18 Å². The molecule has 200 valence electrons. The first-order chi connectivity index (χ1) is 18.7. The molecule has 0 aliphatic heterocycles. The van der Waals surface area contributed by atoms with Crippen LogP contribution < -0.4 is 5.32 Å². The van der Waals surface area contributed by atoms with Crippen molar-refractivity contribution in [3.05, 3.63) is 93.6 Å². The monoisotopic (exact) mass is 589 g/mol. The second kappa shape index (κ2) is 11.2. The van der Waals surface area contributed by atoms with Gasteiger partial charge in [-0.05, 0) is 60.5 Å². The molecule has 3 heterocycles. The number of alkyl halides is 3. The molecule has 0 aliphatic rings. The van der Waals surface area contributed by atoms with Gasteiger partial charge in [0.25, 0.3) is 0 Å². The zero-order chi connectivity index (χ0) is 27.6. The van der Waals surface area contributed by atoms with Crippen LogP contribution in [0.25, 0.3) is 17.3 Å². The van der Waals surface area contributed by atoms with Crippen LogP contribution in [0.4, 0.5) is 18.3 Å². The molecule has 1 N–H and O–H groups in total. The zero-order valence-corrected chi connectivity index (χ0v) is 22.6. The van der Waals surface area contributed by atoms with Gasteiger partial charge in [0.15, 0.2) is 16.0 Å². The number of aryl methyl sites for hydroxylation is 1. The van der Waals surface area contributed by atoms with Crippen LogP contribution in [0, 0.1) is 6.92 Å². The maximum atomic E-state index is 13.1. The quantitative estimate of drug-likeness (QED) is 0.191. The molecule has 0 bridgehead atoms. The molecule has 5 rings (SSSR count). The predicted octanol–water partition coefficient (Wildman–Crippen LogP) is 7.29. The molecule has 13 heteroatoms. The summed E-state index contributed by atoms with van der Waals surface area (Å²) in [6.45, 7) is 1.98. The third kappa shape index (κ3) is 6.35. The van der Waals surface area contributed by atoms with E-state index in [0.717, 1.165) is 23.4 Å². The minimum absolute atomic E-state index is 0.0243. The molecule has 0 radical (unpaired) electrons. The average Bonchev–Trinajstić information content (AvgIpc) is 3.64. The summed E-state index contributed by atoms with van der Waals surface area (Å²) in [6, 6.07) is 14.5. The molecule has 0 spiro atoms. The van der Waals surface area contributed by atoms with E-state index in [2.05, 4.69) is 20.5 Å². The lowest BCUT2D eigenvalue weighted by Crippen LogP contribution is -2.14. The zero-order valence-electron chi connectivity index (χ0n) is 20.2. The Bertz CT molecular complexity index is 1620. The van der Waals surface area contributed by atoms with Crippen LogP contribution >= 0.6 is 34.7 Å². The lowest BCUT2D eigenvalue weighted by Gasteiger charge is -2.10. The van der Waals surface area contributed by atoms with Gasteiger partial charge < -0.3 is 9.73 Å². The lowest BCUT2D eigenvalue weighted by molar-refractivity contribution is -0.137. The van der Waals surface area contributed by atoms with Crippen molar-refractivity contribution in [2.75, 3.05) is 11.1 Å². The number of rotatable bonds is 8. The molecular weight excluding hydrogens is 571 g/mol. The molecule has 7 nitrogen and oxygen atoms in total. The van der Waals surface area contributed by atoms with E-state index < -0.39 is 11.7 Å². The maximum Gasteiger partial charge on any atom is 0.416 e. The number of hydrogen-bond donors (Lipinski definition) is 1. The van der Waals surface area contributed by atoms with E-state index in [4.69, 9.17) is 16.0 Å². The number of aromatic nitrogens is 4. The second-order valence-corrected chi connectivity index (χ2v) is 10.9. The number of carbonyl (C=O) groups is 1. The summed E-state index contributed by atoms with van der Waals surface area (Å²) in [5.74, 6) is 0.746. The SMILES string of the molecule is Cc1cccc(-n2c(SCC(=O)Nc3ncc(Cc4cc(C(F)(F)F)ccc4Cl)s3)nnc2-c2ccco2)c1. The molecule has 3 aromatic heterocycles. The highest BCUT2D eigenvalue weighted by molar-refractivity contribution is 7.99. The third-order valence-corrected chi connectivity index (χ3v) is 7.72. The van der Waals surface area contributed by atoms with Crippen molar-refractivity contribution in [2.24, 2.45) is 0 Å². The van der Waals surface area contributed by atoms with E-state index in [-0.39, 0.29) is 23.1 Å². The number of halogens is 4. The van der Waals surface area contributed by atoms with Crippen LogP contribution in [0.1, 0.15) is 21.6 Å². The first-order valence-corrected chi connectivity index (χ1v) is 13.6. The first kappa shape index (κ1) is 27.0. The Morgan fingerprint density at radius 3 is 2.74 bits per heavy atom. The van der Waals surface area contributed by atoms with Gasteiger partial charge in [0, 0.05) is 22.5 Å². The lowest BCUT2D eigenvalue weighted by atomic mass is 10.1. The highest BCUT2D eigenvalue weighted by atomic mass is 35.5. The maximum absolute atomic E-state index is 13.1. The number of furan rings is 1. The molecule has 0 saturated heterocycles. The van der Waals surface area contributed by atoms with Gasteiger partial charge in [-0.25, -0.2) is 4.98 Å². The van der Waals surface area contributed by atoms with Gasteiger partial charge in [0.1, 0.15) is 0 Å². The minimum atomic E-state index is -4.47. The Balaban J connectivity index is 1.27. The minimum Gasteiger partial charge on any atom is -0.461 e. The van der Waals surface area contributed by atoms with Gasteiger partial charge in [0.2, 0.25) is 11.7 Å². The van der Waals surface area contributed by atoms with E-state index in [9.17, 15) is 18.0 Å². The molecule has 0 aliphatic carbocycles. The van der Waals surface area contributed by atoms with E-state index in [1.807, 2.05) is 35.8 Å². The number of carbonyl (C=O) groups excluding carboxylic acids is 1. The van der Waals surface area contributed by atoms with Gasteiger partial charge in [-0.1, -0.05) is 35.5 Å². The van der Waals surface area contributed by atoms with Gasteiger partial charge in [-0.2, -0.15) is 13.2 Å². The number of thioether (sulfide) groups is 1. The topological polar surface area (TPSA) is 85.8 Å². The fourth-order valence-corrected chi connectivity index (χ4v) is 5.52. The summed E-state index contributed by atoms with van der Waals surface area (Å²) in [4.78, 5) is 17.6. The van der Waals surface area contributed by atoms with E-state index >= 15 is 0 Å². The number of nitrogens with zero attached hydrogens (tertiary/aromatic N) is 4. The second-order valence-electron chi connectivity index (χ2n) is 8.41. The Hall–Kier alpha value is -3.61. The van der Waals surface area contributed by atoms with Crippen LogP contribution in [0.3, 0.4) is 0 Å².